The predicted octanol–water partition coefficient (Wildman–Crippen LogP) is 9.70. The molecule has 0 atom stereocenters. The van der Waals surface area contributed by atoms with Crippen LogP contribution >= 0.6 is 0 Å². The van der Waals surface area contributed by atoms with E-state index in [-0.39, 0.29) is 25.8 Å². The van der Waals surface area contributed by atoms with Gasteiger partial charge in [0.2, 0.25) is 0 Å². The van der Waals surface area contributed by atoms with Gasteiger partial charge in [-0.2, -0.15) is 0 Å². The molecule has 8 aromatic rings. The molecule has 2 heterocycles. The van der Waals surface area contributed by atoms with Crippen LogP contribution in [0.1, 0.15) is 25.0 Å². The van der Waals surface area contributed by atoms with Crippen molar-refractivity contribution in [2.75, 3.05) is 0 Å². The van der Waals surface area contributed by atoms with Crippen molar-refractivity contribution in [1.29, 1.82) is 0 Å². The number of hydrogen-bond acceptors (Lipinski definition) is 3. The van der Waals surface area contributed by atoms with Gasteiger partial charge in [-0.1, -0.05) is 24.3 Å². The molecule has 1 aliphatic carbocycles. The Kier molecular flexibility index (Phi) is 5.69. The van der Waals surface area contributed by atoms with E-state index in [0.29, 0.717) is 17.5 Å². The molecule has 0 amide bonds. The normalized spacial score (nSPS) is 13.4. The van der Waals surface area contributed by atoms with Gasteiger partial charge in [0.25, 0.3) is 0 Å². The molecule has 0 saturated carbocycles. The monoisotopic (exact) mass is 679 g/mol. The van der Waals surface area contributed by atoms with E-state index in [1.165, 1.54) is 45.2 Å². The van der Waals surface area contributed by atoms with Gasteiger partial charge >= 0.3 is 243 Å². The first-order chi connectivity index (χ1) is 21.5. The van der Waals surface area contributed by atoms with Crippen molar-refractivity contribution in [3.8, 4) is 45.3 Å². The Balaban J connectivity index is 1.28. The van der Waals surface area contributed by atoms with Gasteiger partial charge in [0.1, 0.15) is 0 Å². The van der Waals surface area contributed by atoms with Gasteiger partial charge in [0.05, 0.1) is 0 Å². The molecule has 0 spiro atoms. The zero-order chi connectivity index (χ0) is 29.4. The number of rotatable bonds is 3. The molecule has 0 fully saturated rings. The van der Waals surface area contributed by atoms with Crippen LogP contribution in [0.3, 0.4) is 0 Å². The molecule has 0 bridgehead atoms. The maximum absolute atomic E-state index is 5.17. The molecule has 0 N–H and O–H groups in total. The molecule has 4 heteroatoms. The molecule has 9 rings (SSSR count). The molecule has 3 nitrogen and oxygen atoms in total. The van der Waals surface area contributed by atoms with Crippen molar-refractivity contribution in [3.05, 3.63) is 139 Å². The van der Waals surface area contributed by atoms with E-state index in [4.69, 9.17) is 15.0 Å². The van der Waals surface area contributed by atoms with Gasteiger partial charge in [0, 0.05) is 0 Å². The van der Waals surface area contributed by atoms with E-state index in [1.54, 1.807) is 0 Å². The molecule has 44 heavy (non-hydrogen) atoms. The molecule has 0 unspecified atom stereocenters. The molecule has 6 aromatic carbocycles. The van der Waals surface area contributed by atoms with Crippen LogP contribution in [-0.4, -0.2) is 35.4 Å². The third-order valence-electron chi connectivity index (χ3n) is 9.14. The van der Waals surface area contributed by atoms with Gasteiger partial charge < -0.3 is 0 Å². The Bertz CT molecular complexity index is 2430. The van der Waals surface area contributed by atoms with Crippen LogP contribution in [0.5, 0.6) is 0 Å². The van der Waals surface area contributed by atoms with E-state index in [1.807, 2.05) is 0 Å². The van der Waals surface area contributed by atoms with Crippen LogP contribution in [0.4, 0.5) is 0 Å². The summed E-state index contributed by atoms with van der Waals surface area (Å²) in [5.74, 6) is 2.09. The Labute approximate surface area is 265 Å². The Morgan fingerprint density at radius 2 is 1.07 bits per heavy atom. The third-order valence-corrected chi connectivity index (χ3v) is 12.4. The summed E-state index contributed by atoms with van der Waals surface area (Å²) >= 11 is -0.378. The summed E-state index contributed by atoms with van der Waals surface area (Å²) in [5.41, 5.74) is 8.21. The van der Waals surface area contributed by atoms with Crippen LogP contribution in [0.25, 0.3) is 73.6 Å². The van der Waals surface area contributed by atoms with Crippen molar-refractivity contribution in [3.63, 3.8) is 0 Å². The first-order valence-corrected chi connectivity index (χ1v) is 17.3. The standard InChI is InChI=1S/C40H27N3Te/c1-40(2)33-16-7-5-13-28(33)29-20-18-26(23-34(29)40)38-41-37(25-19-21-36-32(22-25)30-14-6-8-17-35(30)44-36)42-39(43-38)31-15-9-11-24-10-3-4-12-27(24)31/h3-23H,1-2H3. The summed E-state index contributed by atoms with van der Waals surface area (Å²) in [5, 5.41) is 4.99. The molecule has 2 aromatic heterocycles. The van der Waals surface area contributed by atoms with Gasteiger partial charge in [-0.15, -0.1) is 0 Å². The maximum atomic E-state index is 5.17. The summed E-state index contributed by atoms with van der Waals surface area (Å²) in [4.78, 5) is 15.5. The Morgan fingerprint density at radius 3 is 1.95 bits per heavy atom. The quantitative estimate of drug-likeness (QED) is 0.175. The summed E-state index contributed by atoms with van der Waals surface area (Å²) < 4.78 is 2.98. The van der Waals surface area contributed by atoms with Crippen molar-refractivity contribution in [2.24, 2.45) is 0 Å². The van der Waals surface area contributed by atoms with Gasteiger partial charge in [-0.25, -0.2) is 0 Å². The SMILES string of the molecule is CC1(C)c2ccccc2-c2ccc(-c3nc(-c4ccc5[te]c6ccccc6c5c4)nc(-c4cccc5ccccc45)n3)cc21. The minimum atomic E-state index is -0.378. The summed E-state index contributed by atoms with van der Waals surface area (Å²) in [7, 11) is 0. The van der Waals surface area contributed by atoms with E-state index >= 15 is 0 Å². The van der Waals surface area contributed by atoms with Crippen LogP contribution < -0.4 is 0 Å². The first kappa shape index (κ1) is 25.8. The number of fused-ring (bicyclic) bond motifs is 7. The number of nitrogens with zero attached hydrogens (tertiary/aromatic N) is 3. The molecule has 0 aliphatic heterocycles. The van der Waals surface area contributed by atoms with Crippen LogP contribution in [0.15, 0.2) is 127 Å². The fourth-order valence-corrected chi connectivity index (χ4v) is 9.98. The van der Waals surface area contributed by atoms with Crippen LogP contribution in [-0.2, 0) is 5.41 Å². The zero-order valence-electron chi connectivity index (χ0n) is 24.4. The molecule has 0 radical (unpaired) electrons. The first-order valence-electron chi connectivity index (χ1n) is 15.0. The van der Waals surface area contributed by atoms with Crippen molar-refractivity contribution in [1.82, 2.24) is 15.0 Å². The summed E-state index contributed by atoms with van der Waals surface area (Å²) in [6.07, 6.45) is 0. The van der Waals surface area contributed by atoms with Gasteiger partial charge in [-0.05, 0) is 0 Å². The zero-order valence-corrected chi connectivity index (χ0v) is 26.7. The average Bonchev–Trinajstić information content (AvgIpc) is 3.56. The fourth-order valence-electron chi connectivity index (χ4n) is 6.88. The second-order valence-corrected chi connectivity index (χ2v) is 15.2. The van der Waals surface area contributed by atoms with Gasteiger partial charge in [-0.3, -0.25) is 0 Å². The Hall–Kier alpha value is -4.62. The predicted molar refractivity (Wildman–Crippen MR) is 183 cm³/mol. The molecule has 1 aliphatic rings. The van der Waals surface area contributed by atoms with Crippen molar-refractivity contribution < 1.29 is 0 Å². The summed E-state index contributed by atoms with van der Waals surface area (Å²) in [6.45, 7) is 4.63. The Morgan fingerprint density at radius 1 is 0.455 bits per heavy atom. The number of aromatic nitrogens is 3. The third kappa shape index (κ3) is 3.92. The van der Waals surface area contributed by atoms with Crippen LogP contribution in [0, 0.1) is 0 Å². The van der Waals surface area contributed by atoms with Crippen molar-refractivity contribution >= 4 is 48.8 Å². The van der Waals surface area contributed by atoms with E-state index in [2.05, 4.69) is 141 Å². The van der Waals surface area contributed by atoms with E-state index in [0.717, 1.165) is 22.1 Å². The number of benzene rings is 6. The topological polar surface area (TPSA) is 38.7 Å². The second kappa shape index (κ2) is 9.69. The molecule has 208 valence electrons. The second-order valence-electron chi connectivity index (χ2n) is 12.1. The molecular formula is C40H27N3Te. The molecule has 0 saturated heterocycles. The minimum absolute atomic E-state index is 0.104. The average molecular weight is 677 g/mol. The van der Waals surface area contributed by atoms with E-state index in [9.17, 15) is 0 Å². The fraction of sp³-hybridized carbons (Fsp3) is 0.0750. The van der Waals surface area contributed by atoms with E-state index < -0.39 is 0 Å². The van der Waals surface area contributed by atoms with Crippen molar-refractivity contribution in [2.45, 2.75) is 19.3 Å². The summed E-state index contributed by atoms with van der Waals surface area (Å²) in [6, 6.07) is 45.9. The van der Waals surface area contributed by atoms with Crippen LogP contribution in [0.2, 0.25) is 0 Å². The molecular weight excluding hydrogens is 650 g/mol. The van der Waals surface area contributed by atoms with Gasteiger partial charge in [0.15, 0.2) is 0 Å². The number of hydrogen-bond donors (Lipinski definition) is 0.